The number of fused-ring (bicyclic) bond motifs is 1. The first-order valence-electron chi connectivity index (χ1n) is 8.54. The van der Waals surface area contributed by atoms with E-state index >= 15 is 0 Å². The van der Waals surface area contributed by atoms with Crippen LogP contribution >= 0.6 is 11.8 Å². The van der Waals surface area contributed by atoms with E-state index in [0.717, 1.165) is 30.6 Å². The van der Waals surface area contributed by atoms with E-state index in [1.165, 1.54) is 37.1 Å². The van der Waals surface area contributed by atoms with Crippen LogP contribution in [0.1, 0.15) is 56.6 Å². The quantitative estimate of drug-likeness (QED) is 0.880. The van der Waals surface area contributed by atoms with Crippen LogP contribution in [0.3, 0.4) is 0 Å². The van der Waals surface area contributed by atoms with Crippen molar-refractivity contribution in [3.63, 3.8) is 0 Å². The predicted molar refractivity (Wildman–Crippen MR) is 91.8 cm³/mol. The molecule has 1 heterocycles. The second-order valence-electron chi connectivity index (χ2n) is 6.86. The molecule has 0 bridgehead atoms. The average Bonchev–Trinajstić information content (AvgIpc) is 2.56. The van der Waals surface area contributed by atoms with Gasteiger partial charge in [-0.25, -0.2) is 4.39 Å². The molecule has 1 atom stereocenters. The van der Waals surface area contributed by atoms with Crippen molar-refractivity contribution < 1.29 is 9.18 Å². The van der Waals surface area contributed by atoms with E-state index in [0.29, 0.717) is 17.9 Å². The van der Waals surface area contributed by atoms with Crippen LogP contribution in [0.5, 0.6) is 0 Å². The molecule has 1 unspecified atom stereocenters. The number of amides is 1. The molecule has 1 aliphatic heterocycles. The summed E-state index contributed by atoms with van der Waals surface area (Å²) in [5.74, 6) is 0.711. The van der Waals surface area contributed by atoms with Crippen molar-refractivity contribution in [2.45, 2.75) is 55.9 Å². The van der Waals surface area contributed by atoms with Gasteiger partial charge >= 0.3 is 0 Å². The molecule has 3 nitrogen and oxygen atoms in total. The highest BCUT2D eigenvalue weighted by Crippen LogP contribution is 2.40. The van der Waals surface area contributed by atoms with Crippen LogP contribution in [0.25, 0.3) is 0 Å². The number of carbonyl (C=O) groups excluding carboxylic acids is 1. The SMILES string of the molecule is NCC1(CC(=O)NC2CCSc3c(F)cccc32)CCCCC1. The smallest absolute Gasteiger partial charge is 0.221 e. The Morgan fingerprint density at radius 1 is 1.35 bits per heavy atom. The molecule has 5 heteroatoms. The van der Waals surface area contributed by atoms with Gasteiger partial charge in [-0.05, 0) is 42.9 Å². The molecule has 1 amide bonds. The van der Waals surface area contributed by atoms with Crippen LogP contribution in [0.4, 0.5) is 4.39 Å². The Morgan fingerprint density at radius 2 is 2.13 bits per heavy atom. The van der Waals surface area contributed by atoms with E-state index in [2.05, 4.69) is 5.32 Å². The first-order valence-corrected chi connectivity index (χ1v) is 9.53. The maximum absolute atomic E-state index is 13.9. The van der Waals surface area contributed by atoms with Gasteiger partial charge in [0.25, 0.3) is 0 Å². The van der Waals surface area contributed by atoms with Crippen molar-refractivity contribution in [1.29, 1.82) is 0 Å². The Hall–Kier alpha value is -1.07. The zero-order valence-electron chi connectivity index (χ0n) is 13.4. The molecule has 23 heavy (non-hydrogen) atoms. The van der Waals surface area contributed by atoms with Crippen molar-refractivity contribution in [2.24, 2.45) is 11.1 Å². The lowest BCUT2D eigenvalue weighted by molar-refractivity contribution is -0.124. The Labute approximate surface area is 141 Å². The van der Waals surface area contributed by atoms with Gasteiger partial charge in [0, 0.05) is 17.1 Å². The Bertz CT molecular complexity index is 572. The molecule has 1 aromatic rings. The first-order chi connectivity index (χ1) is 11.1. The predicted octanol–water partition coefficient (Wildman–Crippen LogP) is 3.78. The summed E-state index contributed by atoms with van der Waals surface area (Å²) in [5, 5.41) is 3.13. The Morgan fingerprint density at radius 3 is 2.87 bits per heavy atom. The summed E-state index contributed by atoms with van der Waals surface area (Å²) < 4.78 is 13.9. The van der Waals surface area contributed by atoms with Gasteiger partial charge in [-0.1, -0.05) is 31.4 Å². The van der Waals surface area contributed by atoms with Gasteiger partial charge in [0.2, 0.25) is 5.91 Å². The number of carbonyl (C=O) groups is 1. The Balaban J connectivity index is 1.68. The lowest BCUT2D eigenvalue weighted by Crippen LogP contribution is -2.40. The normalized spacial score (nSPS) is 23.1. The molecule has 3 rings (SSSR count). The molecular formula is C18H25FN2OS. The number of thioether (sulfide) groups is 1. The average molecular weight is 336 g/mol. The molecule has 2 aliphatic rings. The zero-order chi connectivity index (χ0) is 16.3. The van der Waals surface area contributed by atoms with Crippen molar-refractivity contribution >= 4 is 17.7 Å². The highest BCUT2D eigenvalue weighted by Gasteiger charge is 2.34. The fraction of sp³-hybridized carbons (Fsp3) is 0.611. The van der Waals surface area contributed by atoms with Crippen LogP contribution in [-0.2, 0) is 4.79 Å². The first kappa shape index (κ1) is 16.8. The number of nitrogens with one attached hydrogen (secondary N) is 1. The number of benzene rings is 1. The number of hydrogen-bond acceptors (Lipinski definition) is 3. The van der Waals surface area contributed by atoms with Crippen molar-refractivity contribution in [1.82, 2.24) is 5.32 Å². The van der Waals surface area contributed by atoms with Gasteiger partial charge < -0.3 is 11.1 Å². The van der Waals surface area contributed by atoms with Gasteiger partial charge in [0.1, 0.15) is 5.82 Å². The van der Waals surface area contributed by atoms with E-state index in [9.17, 15) is 9.18 Å². The van der Waals surface area contributed by atoms with Gasteiger partial charge in [-0.2, -0.15) is 0 Å². The standard InChI is InChI=1S/C18H25FN2OS/c19-14-6-4-5-13-15(7-10-23-17(13)14)21-16(22)11-18(12-20)8-2-1-3-9-18/h4-6,15H,1-3,7-12,20H2,(H,21,22). The maximum atomic E-state index is 13.9. The molecule has 126 valence electrons. The van der Waals surface area contributed by atoms with E-state index in [4.69, 9.17) is 5.73 Å². The van der Waals surface area contributed by atoms with Crippen LogP contribution in [0.2, 0.25) is 0 Å². The van der Waals surface area contributed by atoms with E-state index < -0.39 is 0 Å². The molecule has 0 aromatic heterocycles. The molecule has 0 saturated heterocycles. The molecule has 0 spiro atoms. The third kappa shape index (κ3) is 3.72. The van der Waals surface area contributed by atoms with Crippen molar-refractivity contribution in [2.75, 3.05) is 12.3 Å². The lowest BCUT2D eigenvalue weighted by atomic mass is 9.71. The van der Waals surface area contributed by atoms with Crippen molar-refractivity contribution in [3.8, 4) is 0 Å². The molecule has 0 radical (unpaired) electrons. The summed E-state index contributed by atoms with van der Waals surface area (Å²) in [6.45, 7) is 0.576. The van der Waals surface area contributed by atoms with E-state index in [1.807, 2.05) is 6.07 Å². The lowest BCUT2D eigenvalue weighted by Gasteiger charge is -2.36. The minimum atomic E-state index is -0.183. The van der Waals surface area contributed by atoms with Gasteiger partial charge in [0.15, 0.2) is 0 Å². The molecule has 1 aliphatic carbocycles. The second kappa shape index (κ2) is 7.22. The topological polar surface area (TPSA) is 55.1 Å². The summed E-state index contributed by atoms with van der Waals surface area (Å²) in [7, 11) is 0. The highest BCUT2D eigenvalue weighted by molar-refractivity contribution is 7.99. The maximum Gasteiger partial charge on any atom is 0.221 e. The minimum absolute atomic E-state index is 0.0312. The van der Waals surface area contributed by atoms with Crippen LogP contribution < -0.4 is 11.1 Å². The molecule has 3 N–H and O–H groups in total. The summed E-state index contributed by atoms with van der Waals surface area (Å²) in [4.78, 5) is 13.3. The summed E-state index contributed by atoms with van der Waals surface area (Å²) in [6.07, 6.45) is 7.01. The summed E-state index contributed by atoms with van der Waals surface area (Å²) >= 11 is 1.54. The van der Waals surface area contributed by atoms with Crippen LogP contribution in [-0.4, -0.2) is 18.2 Å². The largest absolute Gasteiger partial charge is 0.349 e. The van der Waals surface area contributed by atoms with Crippen LogP contribution in [0, 0.1) is 11.2 Å². The number of hydrogen-bond donors (Lipinski definition) is 2. The summed E-state index contributed by atoms with van der Waals surface area (Å²) in [5.41, 5.74) is 6.87. The highest BCUT2D eigenvalue weighted by atomic mass is 32.2. The fourth-order valence-electron chi connectivity index (χ4n) is 3.88. The third-order valence-corrected chi connectivity index (χ3v) is 6.40. The van der Waals surface area contributed by atoms with E-state index in [-0.39, 0.29) is 23.2 Å². The number of halogens is 1. The zero-order valence-corrected chi connectivity index (χ0v) is 14.3. The fourth-order valence-corrected chi connectivity index (χ4v) is 5.02. The van der Waals surface area contributed by atoms with Gasteiger partial charge in [-0.15, -0.1) is 11.8 Å². The summed E-state index contributed by atoms with van der Waals surface area (Å²) in [6, 6.07) is 5.06. The minimum Gasteiger partial charge on any atom is -0.349 e. The van der Waals surface area contributed by atoms with Gasteiger partial charge in [-0.3, -0.25) is 4.79 Å². The molecular weight excluding hydrogens is 311 g/mol. The molecule has 1 fully saturated rings. The van der Waals surface area contributed by atoms with E-state index in [1.54, 1.807) is 6.07 Å². The monoisotopic (exact) mass is 336 g/mol. The third-order valence-electron chi connectivity index (χ3n) is 5.24. The Kier molecular flexibility index (Phi) is 5.27. The number of nitrogens with two attached hydrogens (primary N) is 1. The number of rotatable bonds is 4. The second-order valence-corrected chi connectivity index (χ2v) is 7.96. The van der Waals surface area contributed by atoms with Crippen LogP contribution in [0.15, 0.2) is 23.1 Å². The van der Waals surface area contributed by atoms with Gasteiger partial charge in [0.05, 0.1) is 6.04 Å². The molecule has 1 saturated carbocycles. The molecule has 1 aromatic carbocycles. The van der Waals surface area contributed by atoms with Crippen molar-refractivity contribution in [3.05, 3.63) is 29.6 Å².